The minimum atomic E-state index is -1.28. The van der Waals surface area contributed by atoms with Crippen molar-refractivity contribution in [3.8, 4) is 0 Å². The number of halogens is 1. The van der Waals surface area contributed by atoms with Crippen molar-refractivity contribution in [3.05, 3.63) is 17.9 Å². The molecule has 2 N–H and O–H groups in total. The first-order chi connectivity index (χ1) is 16.1. The Morgan fingerprint density at radius 2 is 1.91 bits per heavy atom. The van der Waals surface area contributed by atoms with Crippen molar-refractivity contribution in [1.82, 2.24) is 20.2 Å². The molecule has 3 aliphatic rings. The molecule has 3 aliphatic heterocycles. The van der Waals surface area contributed by atoms with Crippen LogP contribution in [-0.4, -0.2) is 82.9 Å². The van der Waals surface area contributed by atoms with Gasteiger partial charge in [0.2, 0.25) is 0 Å². The van der Waals surface area contributed by atoms with Crippen LogP contribution in [0.25, 0.3) is 11.0 Å². The van der Waals surface area contributed by atoms with Gasteiger partial charge in [-0.25, -0.2) is 9.37 Å². The van der Waals surface area contributed by atoms with Crippen molar-refractivity contribution in [2.45, 2.75) is 56.3 Å². The van der Waals surface area contributed by atoms with Crippen LogP contribution in [0.1, 0.15) is 39.0 Å². The van der Waals surface area contributed by atoms with Crippen molar-refractivity contribution >= 4 is 27.5 Å². The first-order valence-corrected chi connectivity index (χ1v) is 13.8. The standard InChI is InChI=1S/C24H36FN5O2S/c1-17-21(26-7-6-22(17)30-10-12-32-13-11-30)16-33(31)24-27-19-14-18(25)23(15-20(19)28-24)29-8-4-2-3-5-9-29/h14-15,17,21-22,26H,2-13,16H2,1H3,(H,27,28). The maximum Gasteiger partial charge on any atom is 0.197 e. The van der Waals surface area contributed by atoms with E-state index >= 15 is 0 Å². The molecular formula is C24H36FN5O2S. The van der Waals surface area contributed by atoms with Gasteiger partial charge in [-0.2, -0.15) is 0 Å². The zero-order valence-corrected chi connectivity index (χ0v) is 20.3. The second-order valence-electron chi connectivity index (χ2n) is 9.70. The number of H-pyrrole nitrogens is 1. The lowest BCUT2D eigenvalue weighted by Gasteiger charge is -2.44. The molecule has 0 amide bonds. The molecule has 33 heavy (non-hydrogen) atoms. The van der Waals surface area contributed by atoms with Crippen LogP contribution >= 0.6 is 0 Å². The number of piperidine rings is 1. The molecule has 182 valence electrons. The van der Waals surface area contributed by atoms with E-state index in [0.29, 0.717) is 39.6 Å². The van der Waals surface area contributed by atoms with E-state index in [2.05, 4.69) is 32.0 Å². The van der Waals surface area contributed by atoms with E-state index < -0.39 is 10.8 Å². The fourth-order valence-electron chi connectivity index (χ4n) is 5.67. The van der Waals surface area contributed by atoms with Crippen molar-refractivity contribution in [1.29, 1.82) is 0 Å². The summed E-state index contributed by atoms with van der Waals surface area (Å²) in [6, 6.07) is 3.98. The number of fused-ring (bicyclic) bond motifs is 1. The SMILES string of the molecule is CC1C(CS(=O)c2nc3cc(N4CCCCCC4)c(F)cc3[nH]2)NCCC1N1CCOCC1. The molecule has 0 spiro atoms. The van der Waals surface area contributed by atoms with E-state index in [4.69, 9.17) is 4.74 Å². The van der Waals surface area contributed by atoms with Gasteiger partial charge in [-0.3, -0.25) is 9.11 Å². The lowest BCUT2D eigenvalue weighted by Crippen LogP contribution is -2.57. The highest BCUT2D eigenvalue weighted by atomic mass is 32.2. The van der Waals surface area contributed by atoms with Gasteiger partial charge >= 0.3 is 0 Å². The highest BCUT2D eigenvalue weighted by Gasteiger charge is 2.35. The van der Waals surface area contributed by atoms with Gasteiger partial charge in [0.15, 0.2) is 5.16 Å². The first-order valence-electron chi connectivity index (χ1n) is 12.5. The Morgan fingerprint density at radius 3 is 2.67 bits per heavy atom. The Bertz CT molecular complexity index is 971. The molecule has 0 aliphatic carbocycles. The molecule has 5 rings (SSSR count). The van der Waals surface area contributed by atoms with Gasteiger partial charge in [0.25, 0.3) is 0 Å². The van der Waals surface area contributed by atoms with Crippen molar-refractivity contribution < 1.29 is 13.3 Å². The van der Waals surface area contributed by atoms with Crippen LogP contribution in [-0.2, 0) is 15.5 Å². The minimum Gasteiger partial charge on any atom is -0.379 e. The van der Waals surface area contributed by atoms with E-state index in [1.165, 1.54) is 18.9 Å². The van der Waals surface area contributed by atoms with Crippen LogP contribution < -0.4 is 10.2 Å². The number of imidazole rings is 1. The smallest absolute Gasteiger partial charge is 0.197 e. The van der Waals surface area contributed by atoms with Crippen LogP contribution in [0.15, 0.2) is 17.3 Å². The number of nitrogens with zero attached hydrogens (tertiary/aromatic N) is 3. The van der Waals surface area contributed by atoms with E-state index in [9.17, 15) is 8.60 Å². The lowest BCUT2D eigenvalue weighted by atomic mass is 9.87. The summed E-state index contributed by atoms with van der Waals surface area (Å²) in [4.78, 5) is 12.4. The van der Waals surface area contributed by atoms with Crippen LogP contribution in [0, 0.1) is 11.7 Å². The first kappa shape index (κ1) is 23.2. The highest BCUT2D eigenvalue weighted by Crippen LogP contribution is 2.29. The Labute approximate surface area is 197 Å². The second-order valence-corrected chi connectivity index (χ2v) is 11.1. The van der Waals surface area contributed by atoms with Crippen molar-refractivity contribution in [3.63, 3.8) is 0 Å². The predicted molar refractivity (Wildman–Crippen MR) is 130 cm³/mol. The van der Waals surface area contributed by atoms with Gasteiger partial charge in [0.05, 0.1) is 40.7 Å². The molecule has 4 heterocycles. The largest absolute Gasteiger partial charge is 0.379 e. The minimum absolute atomic E-state index is 0.157. The third-order valence-corrected chi connectivity index (χ3v) is 8.91. The lowest BCUT2D eigenvalue weighted by molar-refractivity contribution is -0.00764. The molecular weight excluding hydrogens is 441 g/mol. The van der Waals surface area contributed by atoms with Gasteiger partial charge in [-0.1, -0.05) is 19.8 Å². The maximum atomic E-state index is 14.9. The zero-order chi connectivity index (χ0) is 22.8. The Hall–Kier alpha value is -1.55. The number of ether oxygens (including phenoxy) is 1. The third kappa shape index (κ3) is 5.11. The Morgan fingerprint density at radius 1 is 1.15 bits per heavy atom. The van der Waals surface area contributed by atoms with E-state index in [1.807, 2.05) is 6.07 Å². The zero-order valence-electron chi connectivity index (χ0n) is 19.5. The predicted octanol–water partition coefficient (Wildman–Crippen LogP) is 2.89. The summed E-state index contributed by atoms with van der Waals surface area (Å²) in [5.74, 6) is 0.655. The summed E-state index contributed by atoms with van der Waals surface area (Å²) in [6.07, 6.45) is 5.68. The van der Waals surface area contributed by atoms with Gasteiger partial charge in [-0.05, 0) is 37.8 Å². The number of benzene rings is 1. The topological polar surface area (TPSA) is 73.5 Å². The van der Waals surface area contributed by atoms with Gasteiger partial charge in [-0.15, -0.1) is 0 Å². The summed E-state index contributed by atoms with van der Waals surface area (Å²) in [6.45, 7) is 8.47. The van der Waals surface area contributed by atoms with Crippen LogP contribution in [0.5, 0.6) is 0 Å². The molecule has 9 heteroatoms. The summed E-state index contributed by atoms with van der Waals surface area (Å²) in [5.41, 5.74) is 1.92. The molecule has 0 bridgehead atoms. The van der Waals surface area contributed by atoms with Gasteiger partial charge in [0.1, 0.15) is 5.82 Å². The summed E-state index contributed by atoms with van der Waals surface area (Å²) < 4.78 is 33.7. The summed E-state index contributed by atoms with van der Waals surface area (Å²) in [7, 11) is -1.28. The number of hydrogen-bond acceptors (Lipinski definition) is 6. The average molecular weight is 478 g/mol. The number of aromatic nitrogens is 2. The fraction of sp³-hybridized carbons (Fsp3) is 0.708. The number of aromatic amines is 1. The van der Waals surface area contributed by atoms with Crippen LogP contribution in [0.4, 0.5) is 10.1 Å². The van der Waals surface area contributed by atoms with Crippen molar-refractivity contribution in [2.75, 3.05) is 56.6 Å². The average Bonchev–Trinajstić information content (AvgIpc) is 3.05. The molecule has 0 radical (unpaired) electrons. The number of nitrogens with one attached hydrogen (secondary N) is 2. The van der Waals surface area contributed by atoms with Crippen LogP contribution in [0.2, 0.25) is 0 Å². The van der Waals surface area contributed by atoms with Gasteiger partial charge in [0, 0.05) is 50.1 Å². The maximum absolute atomic E-state index is 14.9. The van der Waals surface area contributed by atoms with Gasteiger partial charge < -0.3 is 19.9 Å². The molecule has 3 fully saturated rings. The normalized spacial score (nSPS) is 28.7. The van der Waals surface area contributed by atoms with Crippen molar-refractivity contribution in [2.24, 2.45) is 5.92 Å². The molecule has 1 aromatic heterocycles. The quantitative estimate of drug-likeness (QED) is 0.690. The molecule has 3 saturated heterocycles. The number of rotatable bonds is 5. The number of anilines is 1. The Balaban J connectivity index is 1.30. The third-order valence-electron chi connectivity index (χ3n) is 7.63. The van der Waals surface area contributed by atoms with E-state index in [0.717, 1.165) is 65.2 Å². The molecule has 7 nitrogen and oxygen atoms in total. The molecule has 2 aromatic rings. The number of morpholine rings is 1. The summed E-state index contributed by atoms with van der Waals surface area (Å²) >= 11 is 0. The molecule has 4 atom stereocenters. The Kier molecular flexibility index (Phi) is 7.30. The van der Waals surface area contributed by atoms with E-state index in [-0.39, 0.29) is 11.9 Å². The second kappa shape index (κ2) is 10.4. The highest BCUT2D eigenvalue weighted by molar-refractivity contribution is 7.84. The molecule has 1 aromatic carbocycles. The molecule has 0 saturated carbocycles. The fourth-order valence-corrected chi connectivity index (χ4v) is 7.00. The summed E-state index contributed by atoms with van der Waals surface area (Å²) in [5, 5.41) is 4.02. The van der Waals surface area contributed by atoms with Crippen LogP contribution in [0.3, 0.4) is 0 Å². The van der Waals surface area contributed by atoms with E-state index in [1.54, 1.807) is 0 Å². The molecule has 4 unspecified atom stereocenters. The monoisotopic (exact) mass is 477 g/mol. The number of hydrogen-bond donors (Lipinski definition) is 2.